The average Bonchev–Trinajstić information content (AvgIpc) is 2.59. The Kier molecular flexibility index (Phi) is 5.07. The molecule has 4 rings (SSSR count). The molecule has 0 radical (unpaired) electrons. The number of nitrogens with zero attached hydrogens (tertiary/aromatic N) is 2. The average molecular weight is 352 g/mol. The van der Waals surface area contributed by atoms with Crippen LogP contribution in [0.5, 0.6) is 0 Å². The largest absolute Gasteiger partial charge is 0.372 e. The van der Waals surface area contributed by atoms with Crippen LogP contribution in [0.3, 0.4) is 0 Å². The molecule has 0 amide bonds. The van der Waals surface area contributed by atoms with Crippen molar-refractivity contribution >= 4 is 0 Å². The maximum Gasteiger partial charge on any atom is 0.0959 e. The highest BCUT2D eigenvalue weighted by Crippen LogP contribution is 2.36. The van der Waals surface area contributed by atoms with Gasteiger partial charge < -0.3 is 9.47 Å². The van der Waals surface area contributed by atoms with Crippen molar-refractivity contribution in [2.24, 2.45) is 0 Å². The molecule has 138 valence electrons. The summed E-state index contributed by atoms with van der Waals surface area (Å²) in [4.78, 5) is 7.00. The van der Waals surface area contributed by atoms with Crippen molar-refractivity contribution in [3.05, 3.63) is 65.0 Å². The minimum atomic E-state index is -0.00717. The van der Waals surface area contributed by atoms with Gasteiger partial charge in [-0.3, -0.25) is 9.88 Å². The molecule has 0 N–H and O–H groups in total. The van der Waals surface area contributed by atoms with E-state index in [1.807, 2.05) is 25.1 Å². The molecule has 4 heteroatoms. The molecule has 1 aromatic carbocycles. The Morgan fingerprint density at radius 3 is 2.85 bits per heavy atom. The highest BCUT2D eigenvalue weighted by molar-refractivity contribution is 5.22. The highest BCUT2D eigenvalue weighted by Gasteiger charge is 2.47. The molecule has 4 nitrogen and oxygen atoms in total. The van der Waals surface area contributed by atoms with Crippen LogP contribution >= 0.6 is 0 Å². The number of hydrogen-bond donors (Lipinski definition) is 0. The summed E-state index contributed by atoms with van der Waals surface area (Å²) < 4.78 is 12.3. The summed E-state index contributed by atoms with van der Waals surface area (Å²) in [6.07, 6.45) is 2.24. The molecule has 1 atom stereocenters. The summed E-state index contributed by atoms with van der Waals surface area (Å²) in [6.45, 7) is 8.57. The first kappa shape index (κ1) is 17.7. The third-order valence-corrected chi connectivity index (χ3v) is 5.37. The summed E-state index contributed by atoms with van der Waals surface area (Å²) in [5.41, 5.74) is 4.76. The van der Waals surface area contributed by atoms with Crippen molar-refractivity contribution in [3.8, 4) is 0 Å². The van der Waals surface area contributed by atoms with Crippen LogP contribution in [0.15, 0.2) is 42.5 Å². The van der Waals surface area contributed by atoms with Gasteiger partial charge in [0, 0.05) is 38.4 Å². The number of likely N-dealkylation sites (tertiary alicyclic amines) is 1. The van der Waals surface area contributed by atoms with E-state index in [-0.39, 0.29) is 11.7 Å². The molecule has 0 bridgehead atoms. The number of aromatic nitrogens is 1. The summed E-state index contributed by atoms with van der Waals surface area (Å²) in [6, 6.07) is 14.9. The number of pyridine rings is 1. The van der Waals surface area contributed by atoms with E-state index in [0.717, 1.165) is 50.5 Å². The third-order valence-electron chi connectivity index (χ3n) is 5.37. The summed E-state index contributed by atoms with van der Waals surface area (Å²) in [5.74, 6) is 0. The second kappa shape index (κ2) is 7.47. The molecule has 0 unspecified atom stereocenters. The van der Waals surface area contributed by atoms with E-state index < -0.39 is 0 Å². The maximum atomic E-state index is 6.16. The normalized spacial score (nSPS) is 22.3. The molecular weight excluding hydrogens is 324 g/mol. The Balaban J connectivity index is 1.28. The lowest BCUT2D eigenvalue weighted by molar-refractivity contribution is -0.200. The lowest BCUT2D eigenvalue weighted by Gasteiger charge is -2.53. The molecule has 0 aliphatic carbocycles. The van der Waals surface area contributed by atoms with Gasteiger partial charge in [-0.05, 0) is 38.0 Å². The number of benzene rings is 1. The Hall–Kier alpha value is -1.75. The van der Waals surface area contributed by atoms with Gasteiger partial charge in [-0.25, -0.2) is 0 Å². The predicted octanol–water partition coefficient (Wildman–Crippen LogP) is 3.65. The van der Waals surface area contributed by atoms with Gasteiger partial charge in [0.25, 0.3) is 0 Å². The van der Waals surface area contributed by atoms with E-state index in [2.05, 4.69) is 41.1 Å². The molecule has 26 heavy (non-hydrogen) atoms. The Morgan fingerprint density at radius 2 is 2.04 bits per heavy atom. The molecular formula is C22H28N2O2. The third kappa shape index (κ3) is 4.14. The molecule has 2 aromatic rings. The van der Waals surface area contributed by atoms with Crippen LogP contribution in [0.25, 0.3) is 0 Å². The lowest BCUT2D eigenvalue weighted by atomic mass is 9.84. The van der Waals surface area contributed by atoms with E-state index in [1.165, 1.54) is 11.1 Å². The van der Waals surface area contributed by atoms with Crippen molar-refractivity contribution in [1.29, 1.82) is 0 Å². The van der Waals surface area contributed by atoms with Gasteiger partial charge in [0.15, 0.2) is 0 Å². The van der Waals surface area contributed by atoms with Gasteiger partial charge in [-0.2, -0.15) is 0 Å². The fourth-order valence-corrected chi connectivity index (χ4v) is 4.18. The van der Waals surface area contributed by atoms with Crippen molar-refractivity contribution in [1.82, 2.24) is 9.88 Å². The number of hydrogen-bond acceptors (Lipinski definition) is 4. The zero-order chi connectivity index (χ0) is 18.0. The van der Waals surface area contributed by atoms with Crippen molar-refractivity contribution in [3.63, 3.8) is 0 Å². The monoisotopic (exact) mass is 352 g/mol. The van der Waals surface area contributed by atoms with E-state index in [9.17, 15) is 0 Å². The number of aryl methyl sites for hydroxylation is 2. The molecule has 2 fully saturated rings. The van der Waals surface area contributed by atoms with Crippen LogP contribution in [0.4, 0.5) is 0 Å². The number of rotatable bonds is 5. The van der Waals surface area contributed by atoms with Crippen molar-refractivity contribution in [2.75, 3.05) is 19.7 Å². The number of ether oxygens (including phenoxy) is 2. The van der Waals surface area contributed by atoms with E-state index in [0.29, 0.717) is 6.61 Å². The second-order valence-corrected chi connectivity index (χ2v) is 7.86. The van der Waals surface area contributed by atoms with E-state index in [4.69, 9.17) is 9.47 Å². The van der Waals surface area contributed by atoms with Gasteiger partial charge in [-0.15, -0.1) is 0 Å². The molecule has 1 aromatic heterocycles. The fraction of sp³-hybridized carbons (Fsp3) is 0.500. The highest BCUT2D eigenvalue weighted by atomic mass is 16.5. The van der Waals surface area contributed by atoms with Gasteiger partial charge in [-0.1, -0.05) is 35.9 Å². The molecule has 2 saturated heterocycles. The first-order chi connectivity index (χ1) is 12.6. The van der Waals surface area contributed by atoms with Crippen LogP contribution in [0.2, 0.25) is 0 Å². The summed E-state index contributed by atoms with van der Waals surface area (Å²) >= 11 is 0. The zero-order valence-corrected chi connectivity index (χ0v) is 15.8. The van der Waals surface area contributed by atoms with E-state index in [1.54, 1.807) is 0 Å². The topological polar surface area (TPSA) is 34.6 Å². The Labute approximate surface area is 156 Å². The summed E-state index contributed by atoms with van der Waals surface area (Å²) in [5, 5.41) is 0. The molecule has 1 spiro atoms. The Bertz CT molecular complexity index is 755. The standard InChI is InChI=1S/C22H28N2O2/c1-17-5-3-7-19(11-17)13-24-15-22(16-24)12-21(9-10-26-22)25-14-20-8-4-6-18(2)23-20/h3-8,11,21H,9-10,12-16H2,1-2H3/t21-/m0/s1. The molecule has 2 aliphatic rings. The van der Waals surface area contributed by atoms with Gasteiger partial charge in [0.2, 0.25) is 0 Å². The van der Waals surface area contributed by atoms with Crippen molar-refractivity contribution < 1.29 is 9.47 Å². The maximum absolute atomic E-state index is 6.16. The second-order valence-electron chi connectivity index (χ2n) is 7.86. The van der Waals surface area contributed by atoms with Gasteiger partial charge >= 0.3 is 0 Å². The minimum Gasteiger partial charge on any atom is -0.372 e. The zero-order valence-electron chi connectivity index (χ0n) is 15.8. The van der Waals surface area contributed by atoms with Crippen LogP contribution in [0.1, 0.15) is 35.4 Å². The molecule has 3 heterocycles. The van der Waals surface area contributed by atoms with Crippen LogP contribution in [-0.2, 0) is 22.6 Å². The van der Waals surface area contributed by atoms with Crippen LogP contribution in [0, 0.1) is 13.8 Å². The summed E-state index contributed by atoms with van der Waals surface area (Å²) in [7, 11) is 0. The van der Waals surface area contributed by atoms with Gasteiger partial charge in [0.05, 0.1) is 24.0 Å². The van der Waals surface area contributed by atoms with Crippen molar-refractivity contribution in [2.45, 2.75) is 51.5 Å². The van der Waals surface area contributed by atoms with Crippen LogP contribution < -0.4 is 0 Å². The molecule has 2 aliphatic heterocycles. The smallest absolute Gasteiger partial charge is 0.0959 e. The quantitative estimate of drug-likeness (QED) is 0.823. The predicted molar refractivity (Wildman–Crippen MR) is 102 cm³/mol. The SMILES string of the molecule is Cc1cccc(CN2CC3(C[C@@H](OCc4cccc(C)n4)CCO3)C2)c1. The van der Waals surface area contributed by atoms with Crippen LogP contribution in [-0.4, -0.2) is 41.3 Å². The Morgan fingerprint density at radius 1 is 1.19 bits per heavy atom. The lowest BCUT2D eigenvalue weighted by Crippen LogP contribution is -2.65. The molecule has 0 saturated carbocycles. The van der Waals surface area contributed by atoms with Gasteiger partial charge in [0.1, 0.15) is 0 Å². The first-order valence-electron chi connectivity index (χ1n) is 9.56. The first-order valence-corrected chi connectivity index (χ1v) is 9.56. The fourth-order valence-electron chi connectivity index (χ4n) is 4.18. The van der Waals surface area contributed by atoms with E-state index >= 15 is 0 Å². The minimum absolute atomic E-state index is 0.00717.